The van der Waals surface area contributed by atoms with Crippen molar-refractivity contribution >= 4 is 17.7 Å². The first-order valence-electron chi connectivity index (χ1n) is 9.48. The zero-order valence-electron chi connectivity index (χ0n) is 16.0. The maximum absolute atomic E-state index is 13.2. The monoisotopic (exact) mass is 370 g/mol. The van der Waals surface area contributed by atoms with Crippen LogP contribution in [0.25, 0.3) is 11.8 Å². The maximum atomic E-state index is 13.2. The second-order valence-electron chi connectivity index (χ2n) is 6.62. The van der Waals surface area contributed by atoms with Crippen molar-refractivity contribution in [1.82, 2.24) is 9.88 Å². The number of nitrogens with zero attached hydrogens (tertiary/aromatic N) is 1. The van der Waals surface area contributed by atoms with E-state index in [0.717, 1.165) is 25.7 Å². The molecule has 144 valence electrons. The van der Waals surface area contributed by atoms with Crippen molar-refractivity contribution in [3.05, 3.63) is 70.4 Å². The van der Waals surface area contributed by atoms with E-state index < -0.39 is 0 Å². The average molecular weight is 370 g/mol. The number of halogens is 1. The second-order valence-corrected chi connectivity index (χ2v) is 6.62. The first-order valence-corrected chi connectivity index (χ1v) is 9.48. The molecule has 5 heteroatoms. The van der Waals surface area contributed by atoms with Gasteiger partial charge < -0.3 is 5.32 Å². The molecule has 0 aliphatic heterocycles. The van der Waals surface area contributed by atoms with Crippen LogP contribution in [0.5, 0.6) is 0 Å². The Balaban J connectivity index is 2.27. The lowest BCUT2D eigenvalue weighted by Gasteiger charge is -2.17. The zero-order valence-corrected chi connectivity index (χ0v) is 16.0. The van der Waals surface area contributed by atoms with Gasteiger partial charge in [-0.15, -0.1) is 0 Å². The summed E-state index contributed by atoms with van der Waals surface area (Å²) in [6.07, 6.45) is 7.47. The van der Waals surface area contributed by atoms with Crippen LogP contribution in [-0.2, 0) is 4.79 Å². The lowest BCUT2D eigenvalue weighted by atomic mass is 9.99. The molecule has 1 unspecified atom stereocenters. The number of carbonyl (C=O) groups excluding carboxylic acids is 1. The Morgan fingerprint density at radius 2 is 1.93 bits per heavy atom. The number of carbonyl (C=O) groups is 1. The highest BCUT2D eigenvalue weighted by Gasteiger charge is 2.15. The standard InChI is InChI=1S/C22H27FN2O2/c1-3-5-8-17(4-2)16-24-22(27)20(25-14-7-6-9-21(25)26)15-18-10-12-19(23)13-11-18/h6-7,9-15,17H,3-5,8,16H2,1-2H3,(H,24,27). The molecule has 0 saturated carbocycles. The van der Waals surface area contributed by atoms with E-state index in [1.807, 2.05) is 0 Å². The number of unbranched alkanes of at least 4 members (excludes halogenated alkanes) is 1. The molecule has 2 rings (SSSR count). The number of aromatic nitrogens is 1. The Hall–Kier alpha value is -2.69. The van der Waals surface area contributed by atoms with Crippen LogP contribution in [0.3, 0.4) is 0 Å². The molecule has 0 spiro atoms. The van der Waals surface area contributed by atoms with Crippen LogP contribution in [0.2, 0.25) is 0 Å². The molecule has 0 saturated heterocycles. The molecular formula is C22H27FN2O2. The van der Waals surface area contributed by atoms with Gasteiger partial charge in [-0.05, 0) is 42.2 Å². The molecule has 0 fully saturated rings. The number of hydrogen-bond acceptors (Lipinski definition) is 2. The number of benzene rings is 1. The van der Waals surface area contributed by atoms with Crippen LogP contribution in [0, 0.1) is 11.7 Å². The Kier molecular flexibility index (Phi) is 7.99. The van der Waals surface area contributed by atoms with Crippen LogP contribution >= 0.6 is 0 Å². The molecule has 0 radical (unpaired) electrons. The van der Waals surface area contributed by atoms with Gasteiger partial charge in [-0.25, -0.2) is 4.39 Å². The first-order chi connectivity index (χ1) is 13.0. The molecule has 1 N–H and O–H groups in total. The van der Waals surface area contributed by atoms with Crippen molar-refractivity contribution in [2.75, 3.05) is 6.54 Å². The summed E-state index contributed by atoms with van der Waals surface area (Å²) in [7, 11) is 0. The third kappa shape index (κ3) is 6.20. The molecule has 0 aliphatic rings. The number of amides is 1. The van der Waals surface area contributed by atoms with Crippen molar-refractivity contribution < 1.29 is 9.18 Å². The van der Waals surface area contributed by atoms with E-state index in [9.17, 15) is 14.0 Å². The van der Waals surface area contributed by atoms with Crippen LogP contribution in [0.15, 0.2) is 53.5 Å². The predicted octanol–water partition coefficient (Wildman–Crippen LogP) is 4.32. The van der Waals surface area contributed by atoms with Gasteiger partial charge in [0.25, 0.3) is 11.5 Å². The molecule has 1 aromatic heterocycles. The van der Waals surface area contributed by atoms with Crippen molar-refractivity contribution in [2.24, 2.45) is 5.92 Å². The average Bonchev–Trinajstić information content (AvgIpc) is 2.68. The van der Waals surface area contributed by atoms with Gasteiger partial charge in [-0.3, -0.25) is 14.2 Å². The summed E-state index contributed by atoms with van der Waals surface area (Å²) in [5, 5.41) is 2.96. The topological polar surface area (TPSA) is 51.1 Å². The van der Waals surface area contributed by atoms with Crippen LogP contribution in [-0.4, -0.2) is 17.0 Å². The summed E-state index contributed by atoms with van der Waals surface area (Å²) >= 11 is 0. The fourth-order valence-electron chi connectivity index (χ4n) is 2.86. The molecule has 0 bridgehead atoms. The minimum atomic E-state index is -0.350. The molecule has 1 aromatic carbocycles. The SMILES string of the molecule is CCCCC(CC)CNC(=O)C(=Cc1ccc(F)cc1)n1ccccc1=O. The largest absolute Gasteiger partial charge is 0.350 e. The zero-order chi connectivity index (χ0) is 19.6. The summed E-state index contributed by atoms with van der Waals surface area (Å²) in [4.78, 5) is 25.1. The van der Waals surface area contributed by atoms with E-state index in [-0.39, 0.29) is 23.0 Å². The summed E-state index contributed by atoms with van der Waals surface area (Å²) in [6.45, 7) is 4.83. The van der Waals surface area contributed by atoms with Gasteiger partial charge >= 0.3 is 0 Å². The third-order valence-corrected chi connectivity index (χ3v) is 4.58. The van der Waals surface area contributed by atoms with Gasteiger partial charge in [-0.1, -0.05) is 51.3 Å². The lowest BCUT2D eigenvalue weighted by Crippen LogP contribution is -2.33. The Morgan fingerprint density at radius 1 is 1.19 bits per heavy atom. The van der Waals surface area contributed by atoms with Crippen molar-refractivity contribution in [3.8, 4) is 0 Å². The Labute approximate surface area is 159 Å². The fraction of sp³-hybridized carbons (Fsp3) is 0.364. The van der Waals surface area contributed by atoms with Crippen molar-refractivity contribution in [2.45, 2.75) is 39.5 Å². The van der Waals surface area contributed by atoms with E-state index in [0.29, 0.717) is 18.0 Å². The summed E-state index contributed by atoms with van der Waals surface area (Å²) < 4.78 is 14.5. The summed E-state index contributed by atoms with van der Waals surface area (Å²) in [6, 6.07) is 10.5. The number of hydrogen-bond donors (Lipinski definition) is 1. The predicted molar refractivity (Wildman–Crippen MR) is 108 cm³/mol. The second kappa shape index (κ2) is 10.5. The number of nitrogens with one attached hydrogen (secondary N) is 1. The highest BCUT2D eigenvalue weighted by molar-refractivity contribution is 6.18. The van der Waals surface area contributed by atoms with E-state index >= 15 is 0 Å². The van der Waals surface area contributed by atoms with Gasteiger partial charge in [0.2, 0.25) is 0 Å². The van der Waals surface area contributed by atoms with Gasteiger partial charge in [0, 0.05) is 18.8 Å². The third-order valence-electron chi connectivity index (χ3n) is 4.58. The number of pyridine rings is 1. The lowest BCUT2D eigenvalue weighted by molar-refractivity contribution is -0.116. The van der Waals surface area contributed by atoms with Crippen LogP contribution in [0.1, 0.15) is 45.1 Å². The summed E-state index contributed by atoms with van der Waals surface area (Å²) in [5.41, 5.74) is 0.576. The van der Waals surface area contributed by atoms with Gasteiger partial charge in [-0.2, -0.15) is 0 Å². The van der Waals surface area contributed by atoms with E-state index in [1.54, 1.807) is 36.5 Å². The molecule has 4 nitrogen and oxygen atoms in total. The molecule has 0 aliphatic carbocycles. The molecule has 1 atom stereocenters. The van der Waals surface area contributed by atoms with Crippen molar-refractivity contribution in [1.29, 1.82) is 0 Å². The summed E-state index contributed by atoms with van der Waals surface area (Å²) in [5.74, 6) is -0.257. The fourth-order valence-corrected chi connectivity index (χ4v) is 2.86. The Bertz CT molecular complexity index is 825. The molecule has 1 heterocycles. The van der Waals surface area contributed by atoms with Crippen LogP contribution in [0.4, 0.5) is 4.39 Å². The van der Waals surface area contributed by atoms with Gasteiger partial charge in [0.1, 0.15) is 11.5 Å². The molecule has 1 amide bonds. The van der Waals surface area contributed by atoms with Crippen molar-refractivity contribution in [3.63, 3.8) is 0 Å². The van der Waals surface area contributed by atoms with Gasteiger partial charge in [0.15, 0.2) is 0 Å². The van der Waals surface area contributed by atoms with E-state index in [4.69, 9.17) is 0 Å². The van der Waals surface area contributed by atoms with E-state index in [2.05, 4.69) is 19.2 Å². The van der Waals surface area contributed by atoms with Gasteiger partial charge in [0.05, 0.1) is 0 Å². The molecule has 2 aromatic rings. The Morgan fingerprint density at radius 3 is 2.56 bits per heavy atom. The highest BCUT2D eigenvalue weighted by atomic mass is 19.1. The van der Waals surface area contributed by atoms with Crippen LogP contribution < -0.4 is 10.9 Å². The highest BCUT2D eigenvalue weighted by Crippen LogP contribution is 2.14. The minimum absolute atomic E-state index is 0.220. The minimum Gasteiger partial charge on any atom is -0.350 e. The first kappa shape index (κ1) is 20.6. The molecule has 27 heavy (non-hydrogen) atoms. The normalized spacial score (nSPS) is 12.6. The quantitative estimate of drug-likeness (QED) is 0.669. The maximum Gasteiger partial charge on any atom is 0.268 e. The number of rotatable bonds is 9. The molecular weight excluding hydrogens is 343 g/mol. The van der Waals surface area contributed by atoms with E-state index in [1.165, 1.54) is 22.8 Å². The smallest absolute Gasteiger partial charge is 0.268 e.